The molecule has 0 N–H and O–H groups in total. The quantitative estimate of drug-likeness (QED) is 0.512. The maximum atomic E-state index is 13.5. The predicted molar refractivity (Wildman–Crippen MR) is 118 cm³/mol. The van der Waals surface area contributed by atoms with Gasteiger partial charge in [-0.2, -0.15) is 0 Å². The molecule has 0 bridgehead atoms. The molecule has 148 valence electrons. The number of amides is 1. The van der Waals surface area contributed by atoms with Gasteiger partial charge >= 0.3 is 0 Å². The molecule has 0 radical (unpaired) electrons. The third kappa shape index (κ3) is 3.27. The summed E-state index contributed by atoms with van der Waals surface area (Å²) in [7, 11) is 0. The molecule has 0 aliphatic carbocycles. The van der Waals surface area contributed by atoms with Gasteiger partial charge < -0.3 is 4.90 Å². The molecule has 1 amide bonds. The van der Waals surface area contributed by atoms with Crippen LogP contribution < -0.4 is 10.5 Å². The van der Waals surface area contributed by atoms with Crippen LogP contribution in [-0.2, 0) is 11.3 Å². The second kappa shape index (κ2) is 7.76. The minimum atomic E-state index is -0.315. The molecule has 0 unspecified atom stereocenters. The van der Waals surface area contributed by atoms with E-state index in [1.807, 2.05) is 54.6 Å². The Balaban J connectivity index is 1.55. The lowest BCUT2D eigenvalue weighted by Crippen LogP contribution is -2.42. The molecule has 1 aromatic heterocycles. The fourth-order valence-electron chi connectivity index (χ4n) is 3.75. The van der Waals surface area contributed by atoms with Crippen LogP contribution in [0.15, 0.2) is 88.6 Å². The first-order chi connectivity index (χ1) is 14.7. The van der Waals surface area contributed by atoms with Crippen LogP contribution in [-0.4, -0.2) is 26.7 Å². The standard InChI is InChI=1S/C23H18N4O2S/c28-22(14-26-23(29)17-10-4-5-11-18(17)24-25-26)27-19-12-6-7-13-21(19)30-15-20(27)16-8-2-1-3-9-16/h1-13,20H,14-15H2/t20-/m0/s1. The Labute approximate surface area is 177 Å². The third-order valence-electron chi connectivity index (χ3n) is 5.20. The first-order valence-electron chi connectivity index (χ1n) is 9.64. The van der Waals surface area contributed by atoms with Crippen LogP contribution in [0.25, 0.3) is 10.9 Å². The Morgan fingerprint density at radius 3 is 2.57 bits per heavy atom. The summed E-state index contributed by atoms with van der Waals surface area (Å²) in [5, 5.41) is 8.55. The number of fused-ring (bicyclic) bond motifs is 2. The SMILES string of the molecule is O=C(Cn1nnc2ccccc2c1=O)N1c2ccccc2SC[C@H]1c1ccccc1. The topological polar surface area (TPSA) is 68.1 Å². The zero-order valence-electron chi connectivity index (χ0n) is 16.0. The maximum absolute atomic E-state index is 13.5. The lowest BCUT2D eigenvalue weighted by Gasteiger charge is -2.37. The van der Waals surface area contributed by atoms with Crippen molar-refractivity contribution >= 4 is 34.3 Å². The van der Waals surface area contributed by atoms with E-state index in [0.717, 1.165) is 26.6 Å². The first-order valence-corrected chi connectivity index (χ1v) is 10.6. The van der Waals surface area contributed by atoms with E-state index < -0.39 is 0 Å². The molecule has 30 heavy (non-hydrogen) atoms. The molecule has 1 atom stereocenters. The van der Waals surface area contributed by atoms with Crippen LogP contribution >= 0.6 is 11.8 Å². The van der Waals surface area contributed by atoms with E-state index in [2.05, 4.69) is 10.3 Å². The van der Waals surface area contributed by atoms with Crippen molar-refractivity contribution in [1.82, 2.24) is 15.0 Å². The second-order valence-corrected chi connectivity index (χ2v) is 8.10. The number of carbonyl (C=O) groups is 1. The van der Waals surface area contributed by atoms with Crippen LogP contribution in [0, 0.1) is 0 Å². The van der Waals surface area contributed by atoms with E-state index in [1.54, 1.807) is 40.9 Å². The molecule has 0 fully saturated rings. The largest absolute Gasteiger partial charge is 0.301 e. The predicted octanol–water partition coefficient (Wildman–Crippen LogP) is 3.67. The highest BCUT2D eigenvalue weighted by Gasteiger charge is 2.32. The van der Waals surface area contributed by atoms with Gasteiger partial charge in [-0.1, -0.05) is 59.8 Å². The highest BCUT2D eigenvalue weighted by Crippen LogP contribution is 2.43. The van der Waals surface area contributed by atoms with Crippen molar-refractivity contribution < 1.29 is 4.79 Å². The van der Waals surface area contributed by atoms with Crippen LogP contribution in [0.4, 0.5) is 5.69 Å². The molecule has 6 nitrogen and oxygen atoms in total. The lowest BCUT2D eigenvalue weighted by molar-refractivity contribution is -0.120. The van der Waals surface area contributed by atoms with Crippen LogP contribution in [0.2, 0.25) is 0 Å². The molecular weight excluding hydrogens is 396 g/mol. The number of hydrogen-bond donors (Lipinski definition) is 0. The summed E-state index contributed by atoms with van der Waals surface area (Å²) in [6.45, 7) is -0.168. The summed E-state index contributed by atoms with van der Waals surface area (Å²) in [5.41, 5.74) is 2.12. The highest BCUT2D eigenvalue weighted by molar-refractivity contribution is 7.99. The molecule has 1 aliphatic rings. The normalized spacial score (nSPS) is 15.7. The van der Waals surface area contributed by atoms with Gasteiger partial charge in [0.15, 0.2) is 0 Å². The van der Waals surface area contributed by atoms with Crippen molar-refractivity contribution in [3.05, 3.63) is 94.8 Å². The molecule has 3 aromatic carbocycles. The zero-order chi connectivity index (χ0) is 20.5. The molecule has 4 aromatic rings. The molecule has 0 saturated carbocycles. The van der Waals surface area contributed by atoms with E-state index in [4.69, 9.17) is 0 Å². The van der Waals surface area contributed by atoms with Gasteiger partial charge in [0.25, 0.3) is 5.56 Å². The molecule has 0 saturated heterocycles. The van der Waals surface area contributed by atoms with Crippen molar-refractivity contribution in [2.24, 2.45) is 0 Å². The minimum Gasteiger partial charge on any atom is -0.301 e. The van der Waals surface area contributed by atoms with Gasteiger partial charge in [-0.3, -0.25) is 9.59 Å². The third-order valence-corrected chi connectivity index (χ3v) is 6.34. The minimum absolute atomic E-state index is 0.122. The molecule has 0 spiro atoms. The Bertz CT molecular complexity index is 1290. The van der Waals surface area contributed by atoms with Crippen LogP contribution in [0.3, 0.4) is 0 Å². The van der Waals surface area contributed by atoms with Gasteiger partial charge in [-0.25, -0.2) is 4.68 Å². The Morgan fingerprint density at radius 1 is 0.967 bits per heavy atom. The number of rotatable bonds is 3. The Hall–Kier alpha value is -3.45. The molecule has 7 heteroatoms. The van der Waals surface area contributed by atoms with Gasteiger partial charge in [-0.05, 0) is 29.8 Å². The van der Waals surface area contributed by atoms with Crippen molar-refractivity contribution in [2.75, 3.05) is 10.7 Å². The van der Waals surface area contributed by atoms with Gasteiger partial charge in [0.05, 0.1) is 17.1 Å². The summed E-state index contributed by atoms with van der Waals surface area (Å²) < 4.78 is 1.15. The van der Waals surface area contributed by atoms with Gasteiger partial charge in [0.2, 0.25) is 5.91 Å². The number of hydrogen-bond acceptors (Lipinski definition) is 5. The van der Waals surface area contributed by atoms with Crippen LogP contribution in [0.1, 0.15) is 11.6 Å². The van der Waals surface area contributed by atoms with E-state index in [1.165, 1.54) is 0 Å². The molecule has 1 aliphatic heterocycles. The Kier molecular flexibility index (Phi) is 4.80. The summed E-state index contributed by atoms with van der Waals surface area (Å²) >= 11 is 1.73. The fourth-order valence-corrected chi connectivity index (χ4v) is 4.92. The van der Waals surface area contributed by atoms with Crippen molar-refractivity contribution in [3.8, 4) is 0 Å². The number of nitrogens with zero attached hydrogens (tertiary/aromatic N) is 4. The van der Waals surface area contributed by atoms with E-state index >= 15 is 0 Å². The van der Waals surface area contributed by atoms with Gasteiger partial charge in [0.1, 0.15) is 12.1 Å². The van der Waals surface area contributed by atoms with Crippen molar-refractivity contribution in [3.63, 3.8) is 0 Å². The second-order valence-electron chi connectivity index (χ2n) is 7.04. The number of aromatic nitrogens is 3. The summed E-state index contributed by atoms with van der Waals surface area (Å²) in [4.78, 5) is 29.2. The molecular formula is C23H18N4O2S. The summed E-state index contributed by atoms with van der Waals surface area (Å²) in [5.74, 6) is 0.550. The van der Waals surface area contributed by atoms with Crippen molar-refractivity contribution in [2.45, 2.75) is 17.5 Å². The zero-order valence-corrected chi connectivity index (χ0v) is 16.8. The first kappa shape index (κ1) is 18.6. The number of benzene rings is 3. The maximum Gasteiger partial charge on any atom is 0.278 e. The fraction of sp³-hybridized carbons (Fsp3) is 0.130. The van der Waals surface area contributed by atoms with Gasteiger partial charge in [0, 0.05) is 10.6 Å². The Morgan fingerprint density at radius 2 is 1.70 bits per heavy atom. The van der Waals surface area contributed by atoms with Crippen LogP contribution in [0.5, 0.6) is 0 Å². The van der Waals surface area contributed by atoms with E-state index in [-0.39, 0.29) is 24.1 Å². The summed E-state index contributed by atoms with van der Waals surface area (Å²) in [6, 6.07) is 24.7. The average molecular weight is 414 g/mol. The molecule has 5 rings (SSSR count). The molecule has 2 heterocycles. The number of anilines is 1. The van der Waals surface area contributed by atoms with E-state index in [0.29, 0.717) is 10.9 Å². The highest BCUT2D eigenvalue weighted by atomic mass is 32.2. The van der Waals surface area contributed by atoms with Crippen molar-refractivity contribution in [1.29, 1.82) is 0 Å². The monoisotopic (exact) mass is 414 g/mol. The lowest BCUT2D eigenvalue weighted by atomic mass is 10.1. The summed E-state index contributed by atoms with van der Waals surface area (Å²) in [6.07, 6.45) is 0. The average Bonchev–Trinajstić information content (AvgIpc) is 2.81. The number of thioether (sulfide) groups is 1. The van der Waals surface area contributed by atoms with E-state index in [9.17, 15) is 9.59 Å². The smallest absolute Gasteiger partial charge is 0.278 e. The number of para-hydroxylation sites is 1. The van der Waals surface area contributed by atoms with Gasteiger partial charge in [-0.15, -0.1) is 16.9 Å². The number of carbonyl (C=O) groups excluding carboxylic acids is 1.